The topological polar surface area (TPSA) is 56.7 Å². The zero-order valence-electron chi connectivity index (χ0n) is 33.9. The lowest BCUT2D eigenvalue weighted by Crippen LogP contribution is -1.98. The minimum atomic E-state index is 0.731. The highest BCUT2D eigenvalue weighted by Gasteiger charge is 2.21. The summed E-state index contributed by atoms with van der Waals surface area (Å²) in [5.74, 6) is 1.47. The number of aryl methyl sites for hydroxylation is 6. The Balaban J connectivity index is 1.10. The number of aromatic nitrogens is 5. The van der Waals surface area contributed by atoms with Gasteiger partial charge in [-0.15, -0.1) is 0 Å². The molecule has 0 aliphatic carbocycles. The van der Waals surface area contributed by atoms with Crippen molar-refractivity contribution in [2.75, 3.05) is 0 Å². The van der Waals surface area contributed by atoms with Gasteiger partial charge in [0.2, 0.25) is 0 Å². The van der Waals surface area contributed by atoms with E-state index in [1.54, 1.807) is 0 Å². The van der Waals surface area contributed by atoms with Gasteiger partial charge in [-0.1, -0.05) is 54.6 Å². The number of hydrogen-bond acceptors (Lipinski definition) is 4. The molecule has 6 heteroatoms. The molecule has 0 N–H and O–H groups in total. The fourth-order valence-electron chi connectivity index (χ4n) is 9.68. The SMILES string of the molecule is Cc1cccc(C)c1-c1cc2c3ccc(Oc4ccc5c6cccnc6n6c(-c7c(C)cccc7C)cnc6c5c4)cc3c3nccn3c2cc1-c1c(C)cccc1C. The standard InChI is InChI=1S/C53H41N5O/c1-30-11-7-12-31(2)48(30)42-27-41-39-21-19-36(25-44(39)51-55-23-24-57(51)46(41)28-43(42)49-32(3)13-8-14-33(49)4)59-37-18-20-38-40-17-10-22-54-52(40)58-47(29-56-53(58)45(38)26-37)50-34(5)15-9-16-35(50)6/h7-29H,1-6H3. The average Bonchev–Trinajstić information content (AvgIpc) is 3.90. The molecule has 0 aliphatic heterocycles. The molecular formula is C53H41N5O. The lowest BCUT2D eigenvalue weighted by molar-refractivity contribution is 0.484. The van der Waals surface area contributed by atoms with Gasteiger partial charge in [0, 0.05) is 45.7 Å². The molecule has 0 saturated heterocycles. The van der Waals surface area contributed by atoms with Gasteiger partial charge in [0.05, 0.1) is 17.4 Å². The summed E-state index contributed by atoms with van der Waals surface area (Å²) in [6.07, 6.45) is 7.80. The highest BCUT2D eigenvalue weighted by molar-refractivity contribution is 6.15. The number of imidazole rings is 2. The maximum absolute atomic E-state index is 6.76. The molecule has 0 spiro atoms. The van der Waals surface area contributed by atoms with Crippen LogP contribution in [-0.2, 0) is 0 Å². The molecule has 59 heavy (non-hydrogen) atoms. The quantitative estimate of drug-likeness (QED) is 0.164. The Hall–Kier alpha value is -7.31. The van der Waals surface area contributed by atoms with E-state index < -0.39 is 0 Å². The highest BCUT2D eigenvalue weighted by atomic mass is 16.5. The molecule has 0 saturated carbocycles. The van der Waals surface area contributed by atoms with Crippen molar-refractivity contribution in [2.24, 2.45) is 0 Å². The van der Waals surface area contributed by atoms with Crippen LogP contribution in [0.5, 0.6) is 11.5 Å². The second-order valence-corrected chi connectivity index (χ2v) is 16.0. The lowest BCUT2D eigenvalue weighted by Gasteiger charge is -2.20. The Labute approximate surface area is 342 Å². The van der Waals surface area contributed by atoms with Gasteiger partial charge in [-0.05, 0) is 169 Å². The Kier molecular flexibility index (Phi) is 7.76. The number of pyridine rings is 3. The van der Waals surface area contributed by atoms with Crippen LogP contribution in [0.3, 0.4) is 0 Å². The first-order chi connectivity index (χ1) is 28.7. The molecule has 0 radical (unpaired) electrons. The third kappa shape index (κ3) is 5.29. The Bertz CT molecular complexity index is 3490. The summed E-state index contributed by atoms with van der Waals surface area (Å²) < 4.78 is 11.2. The first-order valence-electron chi connectivity index (χ1n) is 20.2. The minimum Gasteiger partial charge on any atom is -0.457 e. The van der Waals surface area contributed by atoms with Crippen LogP contribution in [0, 0.1) is 41.5 Å². The summed E-state index contributed by atoms with van der Waals surface area (Å²) in [6, 6.07) is 41.2. The van der Waals surface area contributed by atoms with Gasteiger partial charge in [0.1, 0.15) is 28.4 Å². The van der Waals surface area contributed by atoms with Gasteiger partial charge in [0.25, 0.3) is 0 Å². The maximum atomic E-state index is 6.76. The number of ether oxygens (including phenoxy) is 1. The summed E-state index contributed by atoms with van der Waals surface area (Å²) in [5, 5.41) is 6.46. The monoisotopic (exact) mass is 763 g/mol. The molecule has 0 aliphatic rings. The zero-order valence-corrected chi connectivity index (χ0v) is 33.9. The van der Waals surface area contributed by atoms with Gasteiger partial charge in [-0.2, -0.15) is 0 Å². The van der Waals surface area contributed by atoms with Crippen LogP contribution in [0.4, 0.5) is 0 Å². The molecule has 0 amide bonds. The Morgan fingerprint density at radius 3 is 1.58 bits per heavy atom. The van der Waals surface area contributed by atoms with Crippen LogP contribution >= 0.6 is 0 Å². The predicted octanol–water partition coefficient (Wildman–Crippen LogP) is 13.6. The van der Waals surface area contributed by atoms with Gasteiger partial charge >= 0.3 is 0 Å². The van der Waals surface area contributed by atoms with Gasteiger partial charge in [-0.25, -0.2) is 15.0 Å². The van der Waals surface area contributed by atoms with E-state index in [9.17, 15) is 0 Å². The molecule has 0 unspecified atom stereocenters. The lowest BCUT2D eigenvalue weighted by atomic mass is 9.85. The zero-order chi connectivity index (χ0) is 40.1. The number of fused-ring (bicyclic) bond motifs is 12. The van der Waals surface area contributed by atoms with Crippen LogP contribution in [-0.4, -0.2) is 23.8 Å². The van der Waals surface area contributed by atoms with E-state index in [0.29, 0.717) is 0 Å². The van der Waals surface area contributed by atoms with E-state index in [2.05, 4.69) is 160 Å². The summed E-state index contributed by atoms with van der Waals surface area (Å²) in [5.41, 5.74) is 18.4. The van der Waals surface area contributed by atoms with Gasteiger partial charge in [0.15, 0.2) is 0 Å². The first-order valence-corrected chi connectivity index (χ1v) is 20.2. The smallest absolute Gasteiger partial charge is 0.146 e. The Morgan fingerprint density at radius 2 is 0.949 bits per heavy atom. The molecule has 6 nitrogen and oxygen atoms in total. The number of rotatable bonds is 5. The fourth-order valence-corrected chi connectivity index (χ4v) is 9.68. The first kappa shape index (κ1) is 34.9. The number of hydrogen-bond donors (Lipinski definition) is 0. The fraction of sp³-hybridized carbons (Fsp3) is 0.113. The normalized spacial score (nSPS) is 11.9. The van der Waals surface area contributed by atoms with Crippen LogP contribution in [0.2, 0.25) is 0 Å². The van der Waals surface area contributed by atoms with E-state index in [1.807, 2.05) is 30.7 Å². The van der Waals surface area contributed by atoms with Crippen molar-refractivity contribution in [3.05, 3.63) is 173 Å². The van der Waals surface area contributed by atoms with E-state index in [4.69, 9.17) is 19.7 Å². The molecule has 284 valence electrons. The van der Waals surface area contributed by atoms with Crippen LogP contribution in [0.15, 0.2) is 140 Å². The van der Waals surface area contributed by atoms with Crippen molar-refractivity contribution < 1.29 is 4.74 Å². The summed E-state index contributed by atoms with van der Waals surface area (Å²) >= 11 is 0. The second kappa shape index (κ2) is 13.1. The van der Waals surface area contributed by atoms with Crippen LogP contribution in [0.25, 0.3) is 88.3 Å². The average molecular weight is 764 g/mol. The van der Waals surface area contributed by atoms with E-state index in [-0.39, 0.29) is 0 Å². The third-order valence-corrected chi connectivity index (χ3v) is 12.3. The highest BCUT2D eigenvalue weighted by Crippen LogP contribution is 2.44. The molecule has 6 aromatic carbocycles. The third-order valence-electron chi connectivity index (χ3n) is 12.3. The summed E-state index contributed by atoms with van der Waals surface area (Å²) in [7, 11) is 0. The van der Waals surface area contributed by atoms with E-state index >= 15 is 0 Å². The molecule has 0 bridgehead atoms. The summed E-state index contributed by atoms with van der Waals surface area (Å²) in [6.45, 7) is 13.2. The maximum Gasteiger partial charge on any atom is 0.146 e. The van der Waals surface area contributed by atoms with E-state index in [1.165, 1.54) is 61.2 Å². The summed E-state index contributed by atoms with van der Waals surface area (Å²) in [4.78, 5) is 14.8. The van der Waals surface area contributed by atoms with Gasteiger partial charge in [-0.3, -0.25) is 8.80 Å². The predicted molar refractivity (Wildman–Crippen MR) is 243 cm³/mol. The molecule has 11 aromatic rings. The molecule has 11 rings (SSSR count). The number of benzene rings is 6. The molecule has 5 heterocycles. The van der Waals surface area contributed by atoms with Crippen molar-refractivity contribution >= 4 is 54.8 Å². The molecule has 5 aromatic heterocycles. The molecular weight excluding hydrogens is 723 g/mol. The van der Waals surface area contributed by atoms with Crippen LogP contribution < -0.4 is 4.74 Å². The van der Waals surface area contributed by atoms with Crippen molar-refractivity contribution in [3.63, 3.8) is 0 Å². The minimum absolute atomic E-state index is 0.731. The van der Waals surface area contributed by atoms with Crippen molar-refractivity contribution in [3.8, 4) is 45.0 Å². The largest absolute Gasteiger partial charge is 0.457 e. The number of nitrogens with zero attached hydrogens (tertiary/aromatic N) is 5. The Morgan fingerprint density at radius 1 is 0.424 bits per heavy atom. The van der Waals surface area contributed by atoms with Crippen molar-refractivity contribution in [2.45, 2.75) is 41.5 Å². The van der Waals surface area contributed by atoms with Crippen molar-refractivity contribution in [1.29, 1.82) is 0 Å². The van der Waals surface area contributed by atoms with Gasteiger partial charge < -0.3 is 4.74 Å². The van der Waals surface area contributed by atoms with E-state index in [0.717, 1.165) is 72.0 Å². The molecule has 0 atom stereocenters. The van der Waals surface area contributed by atoms with Crippen LogP contribution in [0.1, 0.15) is 33.4 Å². The molecule has 0 fully saturated rings. The second-order valence-electron chi connectivity index (χ2n) is 16.0. The van der Waals surface area contributed by atoms with Crippen molar-refractivity contribution in [1.82, 2.24) is 23.8 Å².